The Morgan fingerprint density at radius 1 is 1.12 bits per heavy atom. The second-order valence-corrected chi connectivity index (χ2v) is 11.2. The number of hydrogen-bond acceptors (Lipinski definition) is 6. The number of aliphatic hydroxyl groups is 1. The van der Waals surface area contributed by atoms with E-state index in [-0.39, 0.29) is 12.0 Å². The van der Waals surface area contributed by atoms with Crippen LogP contribution in [0.25, 0.3) is 0 Å². The van der Waals surface area contributed by atoms with Gasteiger partial charge in [-0.25, -0.2) is 0 Å². The zero-order chi connectivity index (χ0) is 23.1. The van der Waals surface area contributed by atoms with Crippen LogP contribution in [0.5, 0.6) is 0 Å². The lowest BCUT2D eigenvalue weighted by Gasteiger charge is -2.32. The summed E-state index contributed by atoms with van der Waals surface area (Å²) in [5, 5.41) is 27.4. The minimum Gasteiger partial charge on any atom is -0.481 e. The third-order valence-electron chi connectivity index (χ3n) is 7.50. The lowest BCUT2D eigenvalue weighted by molar-refractivity contribution is -0.147. The Bertz CT molecular complexity index is 700. The first-order chi connectivity index (χ1) is 15.2. The molecule has 0 spiro atoms. The molecule has 2 atom stereocenters. The van der Waals surface area contributed by atoms with Crippen molar-refractivity contribution in [3.63, 3.8) is 0 Å². The highest BCUT2D eigenvalue weighted by Crippen LogP contribution is 2.41. The van der Waals surface area contributed by atoms with E-state index in [1.54, 1.807) is 0 Å². The second kappa shape index (κ2) is 11.6. The Balaban J connectivity index is 1.64. The predicted octanol–water partition coefficient (Wildman–Crippen LogP) is 5.04. The van der Waals surface area contributed by atoms with Gasteiger partial charge in [-0.3, -0.25) is 4.79 Å². The molecule has 1 heterocycles. The van der Waals surface area contributed by atoms with Gasteiger partial charge in [-0.05, 0) is 43.4 Å². The number of rotatable bonds is 10. The molecule has 182 valence electrons. The van der Waals surface area contributed by atoms with Gasteiger partial charge >= 0.3 is 5.97 Å². The van der Waals surface area contributed by atoms with Crippen LogP contribution in [0.15, 0.2) is 4.52 Å². The fourth-order valence-electron chi connectivity index (χ4n) is 5.69. The second-order valence-electron chi connectivity index (χ2n) is 11.2. The van der Waals surface area contributed by atoms with Gasteiger partial charge in [0, 0.05) is 6.04 Å². The summed E-state index contributed by atoms with van der Waals surface area (Å²) in [4.78, 5) is 16.9. The molecule has 3 N–H and O–H groups in total. The van der Waals surface area contributed by atoms with E-state index >= 15 is 0 Å². The van der Waals surface area contributed by atoms with Gasteiger partial charge < -0.3 is 20.1 Å². The first-order valence-corrected chi connectivity index (χ1v) is 12.7. The van der Waals surface area contributed by atoms with E-state index in [4.69, 9.17) is 4.52 Å². The SMILES string of the molecule is CC(C)(C)C(C(=O)O)[C@@H](CCCC1CCCCC1)c1nc(CNC2CCC(O)CC2)no1. The van der Waals surface area contributed by atoms with Crippen LogP contribution in [0.4, 0.5) is 0 Å². The van der Waals surface area contributed by atoms with Crippen LogP contribution in [0, 0.1) is 17.3 Å². The molecule has 7 nitrogen and oxygen atoms in total. The van der Waals surface area contributed by atoms with E-state index < -0.39 is 17.3 Å². The molecule has 3 rings (SSSR count). The molecular formula is C25H43N3O4. The third kappa shape index (κ3) is 7.27. The van der Waals surface area contributed by atoms with Crippen molar-refractivity contribution < 1.29 is 19.5 Å². The average molecular weight is 450 g/mol. The quantitative estimate of drug-likeness (QED) is 0.459. The van der Waals surface area contributed by atoms with Crippen molar-refractivity contribution in [1.82, 2.24) is 15.5 Å². The number of carboxylic acids is 1. The molecule has 0 aromatic carbocycles. The number of nitrogens with zero attached hydrogens (tertiary/aromatic N) is 2. The number of carboxylic acid groups (broad SMARTS) is 1. The predicted molar refractivity (Wildman–Crippen MR) is 123 cm³/mol. The van der Waals surface area contributed by atoms with Gasteiger partial charge in [0.05, 0.1) is 24.5 Å². The van der Waals surface area contributed by atoms with Crippen molar-refractivity contribution in [2.45, 2.75) is 122 Å². The van der Waals surface area contributed by atoms with Crippen LogP contribution in [0.2, 0.25) is 0 Å². The molecule has 32 heavy (non-hydrogen) atoms. The van der Waals surface area contributed by atoms with Gasteiger partial charge in [-0.15, -0.1) is 0 Å². The Kier molecular flexibility index (Phi) is 9.12. The van der Waals surface area contributed by atoms with Crippen molar-refractivity contribution >= 4 is 5.97 Å². The highest BCUT2D eigenvalue weighted by Gasteiger charge is 2.41. The molecule has 0 bridgehead atoms. The summed E-state index contributed by atoms with van der Waals surface area (Å²) in [5.74, 6) is 0.183. The van der Waals surface area contributed by atoms with Crippen molar-refractivity contribution in [3.05, 3.63) is 11.7 Å². The van der Waals surface area contributed by atoms with Crippen molar-refractivity contribution in [2.24, 2.45) is 17.3 Å². The summed E-state index contributed by atoms with van der Waals surface area (Å²) in [5.41, 5.74) is -0.406. The maximum atomic E-state index is 12.3. The molecule has 0 aliphatic heterocycles. The lowest BCUT2D eigenvalue weighted by Crippen LogP contribution is -2.35. The van der Waals surface area contributed by atoms with E-state index in [0.29, 0.717) is 24.3 Å². The van der Waals surface area contributed by atoms with E-state index in [1.807, 2.05) is 20.8 Å². The number of hydrogen-bond donors (Lipinski definition) is 3. The molecule has 2 aliphatic carbocycles. The van der Waals surface area contributed by atoms with E-state index in [1.165, 1.54) is 32.1 Å². The maximum Gasteiger partial charge on any atom is 0.307 e. The topological polar surface area (TPSA) is 108 Å². The van der Waals surface area contributed by atoms with Gasteiger partial charge in [0.15, 0.2) is 5.82 Å². The number of nitrogens with one attached hydrogen (secondary N) is 1. The van der Waals surface area contributed by atoms with E-state index in [0.717, 1.165) is 50.9 Å². The summed E-state index contributed by atoms with van der Waals surface area (Å²) in [6.07, 6.45) is 12.9. The molecule has 2 saturated carbocycles. The summed E-state index contributed by atoms with van der Waals surface area (Å²) in [6, 6.07) is 0.355. The largest absolute Gasteiger partial charge is 0.481 e. The van der Waals surface area contributed by atoms with Crippen molar-refractivity contribution in [2.75, 3.05) is 0 Å². The third-order valence-corrected chi connectivity index (χ3v) is 7.50. The van der Waals surface area contributed by atoms with Crippen LogP contribution in [-0.4, -0.2) is 38.5 Å². The lowest BCUT2D eigenvalue weighted by atomic mass is 9.71. The summed E-state index contributed by atoms with van der Waals surface area (Å²) >= 11 is 0. The van der Waals surface area contributed by atoms with Gasteiger partial charge in [0.25, 0.3) is 0 Å². The molecule has 2 aliphatic rings. The Hall–Kier alpha value is -1.47. The van der Waals surface area contributed by atoms with Crippen LogP contribution < -0.4 is 5.32 Å². The molecule has 1 aromatic heterocycles. The maximum absolute atomic E-state index is 12.3. The highest BCUT2D eigenvalue weighted by molar-refractivity contribution is 5.72. The Morgan fingerprint density at radius 3 is 2.44 bits per heavy atom. The number of aliphatic hydroxyl groups excluding tert-OH is 1. The molecule has 0 amide bonds. The molecule has 7 heteroatoms. The monoisotopic (exact) mass is 449 g/mol. The summed E-state index contributed by atoms with van der Waals surface area (Å²) in [6.45, 7) is 6.45. The Labute approximate surface area is 192 Å². The molecule has 1 aromatic rings. The Morgan fingerprint density at radius 2 is 1.81 bits per heavy atom. The minimum absolute atomic E-state index is 0.176. The fourth-order valence-corrected chi connectivity index (χ4v) is 5.69. The molecule has 2 fully saturated rings. The summed E-state index contributed by atoms with van der Waals surface area (Å²) in [7, 11) is 0. The summed E-state index contributed by atoms with van der Waals surface area (Å²) < 4.78 is 5.65. The smallest absolute Gasteiger partial charge is 0.307 e. The fraction of sp³-hybridized carbons (Fsp3) is 0.880. The van der Waals surface area contributed by atoms with Crippen LogP contribution in [-0.2, 0) is 11.3 Å². The normalized spacial score (nSPS) is 24.9. The van der Waals surface area contributed by atoms with Crippen molar-refractivity contribution in [3.8, 4) is 0 Å². The zero-order valence-electron chi connectivity index (χ0n) is 20.2. The van der Waals surface area contributed by atoms with Gasteiger partial charge in [-0.2, -0.15) is 4.98 Å². The number of carbonyl (C=O) groups is 1. The average Bonchev–Trinajstić information content (AvgIpc) is 3.21. The zero-order valence-corrected chi connectivity index (χ0v) is 20.2. The van der Waals surface area contributed by atoms with Crippen molar-refractivity contribution in [1.29, 1.82) is 0 Å². The van der Waals surface area contributed by atoms with Crippen LogP contribution in [0.1, 0.15) is 115 Å². The molecule has 1 unspecified atom stereocenters. The molecular weight excluding hydrogens is 406 g/mol. The van der Waals surface area contributed by atoms with E-state index in [9.17, 15) is 15.0 Å². The first-order valence-electron chi connectivity index (χ1n) is 12.7. The minimum atomic E-state index is -0.793. The molecule has 0 radical (unpaired) electrons. The number of aromatic nitrogens is 2. The van der Waals surface area contributed by atoms with Gasteiger partial charge in [-0.1, -0.05) is 70.9 Å². The number of aliphatic carboxylic acids is 1. The van der Waals surface area contributed by atoms with E-state index in [2.05, 4.69) is 15.5 Å². The van der Waals surface area contributed by atoms with Crippen LogP contribution >= 0.6 is 0 Å². The van der Waals surface area contributed by atoms with Gasteiger partial charge in [0.1, 0.15) is 0 Å². The highest BCUT2D eigenvalue weighted by atomic mass is 16.5. The van der Waals surface area contributed by atoms with Crippen LogP contribution in [0.3, 0.4) is 0 Å². The van der Waals surface area contributed by atoms with Gasteiger partial charge in [0.2, 0.25) is 5.89 Å². The standard InChI is InChI=1S/C25H43N3O4/c1-25(2,3)22(24(30)31)20(11-7-10-17-8-5-4-6-9-17)23-27-21(28-32-23)16-26-18-12-14-19(29)15-13-18/h17-20,22,26,29H,4-16H2,1-3H3,(H,30,31)/t18?,19?,20-,22?/m1/s1. The molecule has 0 saturated heterocycles. The first kappa shape index (κ1) is 25.2.